The number of nitrogen functional groups attached to an aromatic ring is 1. The molecule has 3 aliphatic heterocycles. The summed E-state index contributed by atoms with van der Waals surface area (Å²) < 4.78 is 0. The van der Waals surface area contributed by atoms with E-state index >= 15 is 0 Å². The van der Waals surface area contributed by atoms with Gasteiger partial charge in [-0.05, 0) is 47.8 Å². The normalized spacial score (nSPS) is 26.4. The number of nitrogens with zero attached hydrogens (tertiary/aromatic N) is 5. The molecule has 6 atom stereocenters. The number of carboxylic acids is 4. The van der Waals surface area contributed by atoms with Crippen LogP contribution in [0.5, 0.6) is 0 Å². The molecule has 0 amide bonds. The van der Waals surface area contributed by atoms with Gasteiger partial charge in [-0.15, -0.1) is 12.1 Å². The van der Waals surface area contributed by atoms with E-state index in [0.717, 1.165) is 49.7 Å². The smallest absolute Gasteiger partial charge is 0.659 e. The van der Waals surface area contributed by atoms with Crippen molar-refractivity contribution in [1.82, 2.24) is 9.80 Å². The minimum atomic E-state index is -1.36. The summed E-state index contributed by atoms with van der Waals surface area (Å²) in [6.45, 7) is -1.77. The Kier molecular flexibility index (Phi) is 16.5. The Labute approximate surface area is 345 Å². The first-order valence-corrected chi connectivity index (χ1v) is 17.7. The average Bonchev–Trinajstić information content (AvgIpc) is 3.07. The Morgan fingerprint density at radius 2 is 0.962 bits per heavy atom. The molecule has 15 heteroatoms. The second kappa shape index (κ2) is 20.3. The first-order chi connectivity index (χ1) is 24.4. The summed E-state index contributed by atoms with van der Waals surface area (Å²) in [4.78, 5) is 47.8. The number of carbonyl (C=O) groups excluding carboxylic acids is 4. The molecule has 14 nitrogen and oxygen atoms in total. The molecule has 0 radical (unpaired) electrons. The number of carboxylic acid groups (broad SMARTS) is 4. The van der Waals surface area contributed by atoms with Gasteiger partial charge >= 0.3 is 49.4 Å². The third-order valence-electron chi connectivity index (χ3n) is 10.2. The van der Waals surface area contributed by atoms with Crippen LogP contribution < -0.4 is 26.2 Å². The van der Waals surface area contributed by atoms with Crippen LogP contribution in [0.3, 0.4) is 0 Å². The molecule has 5 rings (SSSR count). The maximum Gasteiger partial charge on any atom is 3.00 e. The van der Waals surface area contributed by atoms with Gasteiger partial charge in [0, 0.05) is 31.9 Å². The standard InChI is InChI=1S/C37H49N6O8.Eu/c38-27-13-11-24(12-14-27)23-7-9-25(10-8-23)26-15-32(30-5-1-3-28(39-30)17-42(19-34(44)45)20-35(46)47)41-33(16-26)31-6-2-4-29(40-31)18-43(21-36(48)49)22-37(50)51;/h7-14,26,28-33H,1-6,15-22,38H2,(H,44,45)(H,46,47)(H,48,49)(H,50,51);/q-3;+3/p-4. The van der Waals surface area contributed by atoms with Crippen LogP contribution in [0.1, 0.15) is 62.8 Å². The number of hydrogen-bond acceptors (Lipinski definition) is 11. The van der Waals surface area contributed by atoms with Crippen molar-refractivity contribution in [3.8, 4) is 11.1 Å². The molecule has 282 valence electrons. The second-order valence-electron chi connectivity index (χ2n) is 14.1. The van der Waals surface area contributed by atoms with E-state index in [0.29, 0.717) is 18.5 Å². The summed E-state index contributed by atoms with van der Waals surface area (Å²) in [5.41, 5.74) is 9.87. The zero-order chi connectivity index (χ0) is 36.5. The maximum absolute atomic E-state index is 11.3. The van der Waals surface area contributed by atoms with Crippen molar-refractivity contribution < 1.29 is 89.0 Å². The van der Waals surface area contributed by atoms with Crippen LogP contribution in [0.15, 0.2) is 48.5 Å². The van der Waals surface area contributed by atoms with Crippen molar-refractivity contribution in [2.75, 3.05) is 45.0 Å². The number of aliphatic carboxylic acids is 4. The Balaban J connectivity index is 0.00000605. The number of nitrogens with two attached hydrogens (primary N) is 1. The van der Waals surface area contributed by atoms with Crippen LogP contribution >= 0.6 is 0 Å². The van der Waals surface area contributed by atoms with E-state index in [1.807, 2.05) is 24.3 Å². The fourth-order valence-electron chi connectivity index (χ4n) is 7.98. The van der Waals surface area contributed by atoms with Crippen LogP contribution in [0.25, 0.3) is 27.1 Å². The van der Waals surface area contributed by atoms with Crippen molar-refractivity contribution in [2.45, 2.75) is 93.5 Å². The zero-order valence-electron chi connectivity index (χ0n) is 29.0. The maximum atomic E-state index is 11.3. The van der Waals surface area contributed by atoms with Gasteiger partial charge < -0.3 is 61.3 Å². The molecule has 3 saturated heterocycles. The Hall–Kier alpha value is -2.50. The molecular weight excluding hydrogens is 808 g/mol. The van der Waals surface area contributed by atoms with Crippen LogP contribution in [0.2, 0.25) is 0 Å². The van der Waals surface area contributed by atoms with E-state index in [1.165, 1.54) is 15.4 Å². The fraction of sp³-hybridized carbons (Fsp3) is 0.568. The first-order valence-electron chi connectivity index (χ1n) is 17.7. The molecule has 3 aliphatic rings. The molecule has 3 heterocycles. The molecule has 0 spiro atoms. The number of piperidine rings is 3. The summed E-state index contributed by atoms with van der Waals surface area (Å²) in [6.07, 6.45) is 6.18. The SMILES string of the molecule is Nc1ccc(-c2ccc(C3CC(C4CCCC(CN(CC(=O)[O-])CC(=O)[O-])[N-]4)[N-]C(C4CCCC(CN(CC(=O)[O-])CC(=O)[O-])[N-]4)C3)cc2)cc1.[Eu+3]. The summed E-state index contributed by atoms with van der Waals surface area (Å²) >= 11 is 0. The van der Waals surface area contributed by atoms with Crippen LogP contribution in [-0.4, -0.2) is 109 Å². The first kappa shape index (κ1) is 42.2. The fourth-order valence-corrected chi connectivity index (χ4v) is 7.98. The van der Waals surface area contributed by atoms with Crippen LogP contribution in [0.4, 0.5) is 5.69 Å². The van der Waals surface area contributed by atoms with Crippen LogP contribution in [0, 0.1) is 49.4 Å². The zero-order valence-corrected chi connectivity index (χ0v) is 31.4. The molecule has 0 saturated carbocycles. The van der Waals surface area contributed by atoms with E-state index in [2.05, 4.69) is 24.3 Å². The quantitative estimate of drug-likeness (QED) is 0.204. The van der Waals surface area contributed by atoms with Gasteiger partial charge in [-0.2, -0.15) is 24.2 Å². The van der Waals surface area contributed by atoms with Gasteiger partial charge in [0.25, 0.3) is 0 Å². The Morgan fingerprint density at radius 1 is 0.577 bits per heavy atom. The van der Waals surface area contributed by atoms with Crippen LogP contribution in [-0.2, 0) is 19.2 Å². The third kappa shape index (κ3) is 12.8. The van der Waals surface area contributed by atoms with Gasteiger partial charge in [-0.25, -0.2) is 0 Å². The molecule has 52 heavy (non-hydrogen) atoms. The number of benzene rings is 2. The summed E-state index contributed by atoms with van der Waals surface area (Å²) in [5.74, 6) is -5.32. The Morgan fingerprint density at radius 3 is 1.35 bits per heavy atom. The van der Waals surface area contributed by atoms with Gasteiger partial charge in [-0.1, -0.05) is 87.8 Å². The number of anilines is 1. The summed E-state index contributed by atoms with van der Waals surface area (Å²) in [7, 11) is 0. The predicted octanol–water partition coefficient (Wildman–Crippen LogP) is -0.883. The van der Waals surface area contributed by atoms with E-state index in [4.69, 9.17) is 21.7 Å². The van der Waals surface area contributed by atoms with Crippen molar-refractivity contribution in [2.24, 2.45) is 0 Å². The summed E-state index contributed by atoms with van der Waals surface area (Å²) in [6, 6.07) is 15.1. The predicted molar refractivity (Wildman–Crippen MR) is 182 cm³/mol. The van der Waals surface area contributed by atoms with Gasteiger partial charge in [0.05, 0.1) is 23.9 Å². The monoisotopic (exact) mass is 854 g/mol. The average molecular weight is 854 g/mol. The minimum absolute atomic E-state index is 0. The Bertz CT molecular complexity index is 1400. The minimum Gasteiger partial charge on any atom is -0.659 e. The molecule has 2 aromatic rings. The third-order valence-corrected chi connectivity index (χ3v) is 10.2. The molecule has 0 aliphatic carbocycles. The molecule has 6 unspecified atom stereocenters. The van der Waals surface area contributed by atoms with Gasteiger partial charge in [0.1, 0.15) is 0 Å². The molecule has 2 aromatic carbocycles. The second-order valence-corrected chi connectivity index (χ2v) is 14.1. The van der Waals surface area contributed by atoms with Crippen molar-refractivity contribution in [1.29, 1.82) is 0 Å². The van der Waals surface area contributed by atoms with E-state index in [-0.39, 0.29) is 105 Å². The van der Waals surface area contributed by atoms with Crippen molar-refractivity contribution in [3.05, 3.63) is 70.0 Å². The number of hydrogen-bond donors (Lipinski definition) is 1. The summed E-state index contributed by atoms with van der Waals surface area (Å²) in [5, 5.41) is 60.8. The van der Waals surface area contributed by atoms with E-state index in [9.17, 15) is 39.6 Å². The van der Waals surface area contributed by atoms with Gasteiger partial charge in [0.2, 0.25) is 0 Å². The van der Waals surface area contributed by atoms with Gasteiger partial charge in [0.15, 0.2) is 0 Å². The number of carbonyl (C=O) groups is 4. The molecule has 2 N–H and O–H groups in total. The van der Waals surface area contributed by atoms with E-state index in [1.54, 1.807) is 0 Å². The molecule has 0 bridgehead atoms. The largest absolute Gasteiger partial charge is 3.00 e. The van der Waals surface area contributed by atoms with Crippen molar-refractivity contribution in [3.63, 3.8) is 0 Å². The molecular formula is C37H45EuN6O8-4. The molecule has 3 fully saturated rings. The van der Waals surface area contributed by atoms with E-state index < -0.39 is 50.1 Å². The van der Waals surface area contributed by atoms with Gasteiger partial charge in [-0.3, -0.25) is 9.80 Å². The number of rotatable bonds is 16. The molecule has 0 aromatic heterocycles. The van der Waals surface area contributed by atoms with Crippen molar-refractivity contribution >= 4 is 29.6 Å². The topological polar surface area (TPSA) is 235 Å².